The lowest BCUT2D eigenvalue weighted by Gasteiger charge is -2.14. The molecule has 1 aliphatic rings. The number of hydrogen-bond acceptors (Lipinski definition) is 4. The first kappa shape index (κ1) is 13.3. The normalized spacial score (nSPS) is 16.1. The maximum Gasteiger partial charge on any atom is 0.335 e. The molecule has 5 nitrogen and oxygen atoms in total. The number of anilines is 1. The van der Waals surface area contributed by atoms with E-state index >= 15 is 0 Å². The molecule has 0 amide bonds. The van der Waals surface area contributed by atoms with Gasteiger partial charge in [0.2, 0.25) is 0 Å². The zero-order chi connectivity index (χ0) is 14.8. The highest BCUT2D eigenvalue weighted by Gasteiger charge is 2.23. The number of aromatic carboxylic acids is 1. The molecule has 0 bridgehead atoms. The molecule has 0 aliphatic carbocycles. The number of carboxylic acid groups (broad SMARTS) is 1. The number of nitrogens with two attached hydrogens (primary N) is 1. The molecule has 2 aromatic carbocycles. The first-order valence-electron chi connectivity index (χ1n) is 6.63. The minimum Gasteiger partial charge on any atom is -0.488 e. The largest absolute Gasteiger partial charge is 0.488 e. The van der Waals surface area contributed by atoms with E-state index in [-0.39, 0.29) is 11.7 Å². The number of nitrogen functional groups attached to an aromatic ring is 1. The molecule has 0 aromatic heterocycles. The van der Waals surface area contributed by atoms with Gasteiger partial charge in [0.15, 0.2) is 0 Å². The minimum atomic E-state index is -1.01. The van der Waals surface area contributed by atoms with Gasteiger partial charge in [0.25, 0.3) is 0 Å². The Kier molecular flexibility index (Phi) is 3.39. The number of benzene rings is 2. The molecule has 0 saturated carbocycles. The summed E-state index contributed by atoms with van der Waals surface area (Å²) < 4.78 is 11.4. The van der Waals surface area contributed by atoms with Gasteiger partial charge < -0.3 is 20.3 Å². The average Bonchev–Trinajstić information content (AvgIpc) is 2.89. The molecule has 21 heavy (non-hydrogen) atoms. The minimum absolute atomic E-state index is 0.0877. The van der Waals surface area contributed by atoms with Crippen molar-refractivity contribution in [3.05, 3.63) is 53.6 Å². The Balaban J connectivity index is 1.67. The van der Waals surface area contributed by atoms with Gasteiger partial charge in [-0.15, -0.1) is 0 Å². The van der Waals surface area contributed by atoms with E-state index in [1.54, 1.807) is 0 Å². The smallest absolute Gasteiger partial charge is 0.335 e. The fourth-order valence-corrected chi connectivity index (χ4v) is 2.32. The van der Waals surface area contributed by atoms with E-state index in [2.05, 4.69) is 0 Å². The van der Waals surface area contributed by atoms with E-state index in [9.17, 15) is 4.79 Å². The van der Waals surface area contributed by atoms with Crippen LogP contribution in [0, 0.1) is 0 Å². The summed E-state index contributed by atoms with van der Waals surface area (Å²) in [6.45, 7) is 0.321. The molecule has 1 heterocycles. The fourth-order valence-electron chi connectivity index (χ4n) is 2.32. The van der Waals surface area contributed by atoms with Crippen LogP contribution in [0.2, 0.25) is 0 Å². The third kappa shape index (κ3) is 2.76. The van der Waals surface area contributed by atoms with Gasteiger partial charge in [-0.25, -0.2) is 4.79 Å². The molecule has 2 aromatic rings. The average molecular weight is 285 g/mol. The third-order valence-corrected chi connectivity index (χ3v) is 3.40. The number of carboxylic acids is 1. The predicted octanol–water partition coefficient (Wildman–Crippen LogP) is 2.35. The summed E-state index contributed by atoms with van der Waals surface area (Å²) in [7, 11) is 0. The summed E-state index contributed by atoms with van der Waals surface area (Å²) in [6.07, 6.45) is 0.685. The van der Waals surface area contributed by atoms with Crippen LogP contribution >= 0.6 is 0 Å². The summed E-state index contributed by atoms with van der Waals surface area (Å²) in [4.78, 5) is 11.0. The van der Waals surface area contributed by atoms with Gasteiger partial charge in [0.05, 0.1) is 11.3 Å². The van der Waals surface area contributed by atoms with Crippen molar-refractivity contribution in [3.8, 4) is 11.5 Å². The van der Waals surface area contributed by atoms with Gasteiger partial charge >= 0.3 is 5.97 Å². The maximum absolute atomic E-state index is 11.0. The van der Waals surface area contributed by atoms with Gasteiger partial charge in [-0.05, 0) is 29.8 Å². The monoisotopic (exact) mass is 285 g/mol. The number of fused-ring (bicyclic) bond motifs is 1. The highest BCUT2D eigenvalue weighted by molar-refractivity contribution is 5.89. The Bertz CT molecular complexity index is 659. The van der Waals surface area contributed by atoms with E-state index < -0.39 is 5.97 Å². The van der Waals surface area contributed by atoms with Crippen molar-refractivity contribution in [2.45, 2.75) is 12.5 Å². The van der Waals surface area contributed by atoms with Crippen molar-refractivity contribution < 1.29 is 19.4 Å². The Hall–Kier alpha value is -2.69. The third-order valence-electron chi connectivity index (χ3n) is 3.40. The van der Waals surface area contributed by atoms with Gasteiger partial charge in [-0.1, -0.05) is 18.2 Å². The second-order valence-corrected chi connectivity index (χ2v) is 4.92. The number of rotatable bonds is 4. The van der Waals surface area contributed by atoms with Crippen LogP contribution in [0.3, 0.4) is 0 Å². The number of ether oxygens (including phenoxy) is 2. The van der Waals surface area contributed by atoms with Crippen molar-refractivity contribution in [1.29, 1.82) is 0 Å². The van der Waals surface area contributed by atoms with Crippen LogP contribution in [0.5, 0.6) is 11.5 Å². The standard InChI is InChI=1S/C16H15NO4/c17-13-6-5-11(16(18)19)8-15(13)20-9-12-7-10-3-1-2-4-14(10)21-12/h1-6,8,12H,7,9,17H2,(H,18,19). The lowest BCUT2D eigenvalue weighted by molar-refractivity contribution is 0.0696. The number of hydrogen-bond donors (Lipinski definition) is 2. The van der Waals surface area contributed by atoms with Crippen LogP contribution in [-0.4, -0.2) is 23.8 Å². The lowest BCUT2D eigenvalue weighted by Crippen LogP contribution is -2.22. The van der Waals surface area contributed by atoms with Gasteiger partial charge in [-0.3, -0.25) is 0 Å². The lowest BCUT2D eigenvalue weighted by atomic mass is 10.1. The quantitative estimate of drug-likeness (QED) is 0.843. The number of para-hydroxylation sites is 1. The van der Waals surface area contributed by atoms with Gasteiger partial charge in [0, 0.05) is 6.42 Å². The number of carbonyl (C=O) groups is 1. The molecular weight excluding hydrogens is 270 g/mol. The second kappa shape index (κ2) is 5.36. The summed E-state index contributed by atoms with van der Waals surface area (Å²) in [5.74, 6) is 0.234. The highest BCUT2D eigenvalue weighted by Crippen LogP contribution is 2.29. The van der Waals surface area contributed by atoms with Crippen molar-refractivity contribution in [3.63, 3.8) is 0 Å². The molecule has 1 aliphatic heterocycles. The summed E-state index contributed by atoms with van der Waals surface area (Å²) >= 11 is 0. The Labute approximate surface area is 121 Å². The van der Waals surface area contributed by atoms with Crippen molar-refractivity contribution in [2.75, 3.05) is 12.3 Å². The van der Waals surface area contributed by atoms with Crippen LogP contribution in [0.15, 0.2) is 42.5 Å². The molecule has 0 radical (unpaired) electrons. The second-order valence-electron chi connectivity index (χ2n) is 4.92. The van der Waals surface area contributed by atoms with Crippen molar-refractivity contribution in [2.24, 2.45) is 0 Å². The van der Waals surface area contributed by atoms with Crippen LogP contribution in [-0.2, 0) is 6.42 Å². The van der Waals surface area contributed by atoms with Crippen LogP contribution < -0.4 is 15.2 Å². The molecule has 0 fully saturated rings. The first-order chi connectivity index (χ1) is 10.1. The van der Waals surface area contributed by atoms with Gasteiger partial charge in [-0.2, -0.15) is 0 Å². The Morgan fingerprint density at radius 1 is 1.33 bits per heavy atom. The molecule has 108 valence electrons. The van der Waals surface area contributed by atoms with Crippen LogP contribution in [0.1, 0.15) is 15.9 Å². The van der Waals surface area contributed by atoms with E-state index in [4.69, 9.17) is 20.3 Å². The summed E-state index contributed by atoms with van der Waals surface area (Å²) in [5, 5.41) is 8.98. The molecule has 3 N–H and O–H groups in total. The fraction of sp³-hybridized carbons (Fsp3) is 0.188. The van der Waals surface area contributed by atoms with Gasteiger partial charge in [0.1, 0.15) is 24.2 Å². The van der Waals surface area contributed by atoms with E-state index in [1.165, 1.54) is 18.2 Å². The topological polar surface area (TPSA) is 81.8 Å². The van der Waals surface area contributed by atoms with Crippen LogP contribution in [0.25, 0.3) is 0 Å². The SMILES string of the molecule is Nc1ccc(C(=O)O)cc1OCC1Cc2ccccc2O1. The molecule has 0 spiro atoms. The van der Waals surface area contributed by atoms with E-state index in [0.29, 0.717) is 18.0 Å². The highest BCUT2D eigenvalue weighted by atomic mass is 16.5. The molecule has 1 atom stereocenters. The zero-order valence-corrected chi connectivity index (χ0v) is 11.3. The van der Waals surface area contributed by atoms with Crippen LogP contribution in [0.4, 0.5) is 5.69 Å². The van der Waals surface area contributed by atoms with E-state index in [0.717, 1.165) is 17.7 Å². The predicted molar refractivity (Wildman–Crippen MR) is 77.9 cm³/mol. The van der Waals surface area contributed by atoms with E-state index in [1.807, 2.05) is 24.3 Å². The van der Waals surface area contributed by atoms with Crippen molar-refractivity contribution in [1.82, 2.24) is 0 Å². The molecule has 3 rings (SSSR count). The first-order valence-corrected chi connectivity index (χ1v) is 6.63. The maximum atomic E-state index is 11.0. The molecule has 5 heteroatoms. The Morgan fingerprint density at radius 2 is 2.14 bits per heavy atom. The molecular formula is C16H15NO4. The zero-order valence-electron chi connectivity index (χ0n) is 11.3. The van der Waals surface area contributed by atoms with Crippen molar-refractivity contribution >= 4 is 11.7 Å². The molecule has 0 saturated heterocycles. The molecule has 1 unspecified atom stereocenters. The summed E-state index contributed by atoms with van der Waals surface area (Å²) in [6, 6.07) is 12.3. The Morgan fingerprint density at radius 3 is 2.90 bits per heavy atom. The summed E-state index contributed by atoms with van der Waals surface area (Å²) in [5.41, 5.74) is 7.51.